The van der Waals surface area contributed by atoms with Crippen molar-refractivity contribution in [3.05, 3.63) is 36.4 Å². The molecule has 0 aromatic carbocycles. The first kappa shape index (κ1) is 17.2. The minimum atomic E-state index is -0.968. The molecule has 25 heavy (non-hydrogen) atoms. The van der Waals surface area contributed by atoms with Crippen molar-refractivity contribution in [2.45, 2.75) is 12.0 Å². The molecule has 0 aliphatic carbocycles. The van der Waals surface area contributed by atoms with Gasteiger partial charge in [0.1, 0.15) is 29.3 Å². The number of aliphatic hydroxyl groups is 1. The van der Waals surface area contributed by atoms with E-state index in [0.717, 1.165) is 11.6 Å². The van der Waals surface area contributed by atoms with Crippen molar-refractivity contribution in [1.82, 2.24) is 19.9 Å². The van der Waals surface area contributed by atoms with Gasteiger partial charge in [-0.25, -0.2) is 9.97 Å². The second kappa shape index (κ2) is 6.72. The Bertz CT molecular complexity index is 759. The number of aryl methyl sites for hydroxylation is 1. The molecular formula is C17H24N6O2. The van der Waals surface area contributed by atoms with Crippen molar-refractivity contribution in [1.29, 1.82) is 0 Å². The molecule has 0 bridgehead atoms. The van der Waals surface area contributed by atoms with Gasteiger partial charge < -0.3 is 24.8 Å². The fourth-order valence-electron chi connectivity index (χ4n) is 2.98. The zero-order valence-electron chi connectivity index (χ0n) is 14.8. The molecule has 1 saturated heterocycles. The second-order valence-electron chi connectivity index (χ2n) is 6.71. The van der Waals surface area contributed by atoms with Crippen molar-refractivity contribution in [3.8, 4) is 0 Å². The summed E-state index contributed by atoms with van der Waals surface area (Å²) in [5.41, 5.74) is -0.394. The molecule has 1 amide bonds. The molecule has 134 valence electrons. The van der Waals surface area contributed by atoms with Gasteiger partial charge in [-0.1, -0.05) is 0 Å². The molecule has 3 heterocycles. The molecule has 0 saturated carbocycles. The number of nitrogens with zero attached hydrogens (tertiary/aromatic N) is 5. The molecule has 1 aliphatic heterocycles. The quantitative estimate of drug-likeness (QED) is 0.809. The van der Waals surface area contributed by atoms with Gasteiger partial charge in [0.25, 0.3) is 5.91 Å². The van der Waals surface area contributed by atoms with Crippen LogP contribution in [0, 0.1) is 0 Å². The first-order valence-electron chi connectivity index (χ1n) is 8.24. The molecule has 8 nitrogen and oxygen atoms in total. The summed E-state index contributed by atoms with van der Waals surface area (Å²) in [5.74, 6) is 1.41. The largest absolute Gasteiger partial charge is 0.386 e. The Labute approximate surface area is 147 Å². The summed E-state index contributed by atoms with van der Waals surface area (Å²) in [6, 6.07) is 5.47. The van der Waals surface area contributed by atoms with E-state index in [1.54, 1.807) is 10.6 Å². The van der Waals surface area contributed by atoms with Gasteiger partial charge in [-0.3, -0.25) is 4.79 Å². The Hall–Kier alpha value is -2.61. The Morgan fingerprint density at radius 1 is 1.44 bits per heavy atom. The third-order valence-corrected chi connectivity index (χ3v) is 4.51. The summed E-state index contributed by atoms with van der Waals surface area (Å²) in [6.07, 6.45) is 3.92. The molecule has 0 spiro atoms. The number of carbonyl (C=O) groups is 1. The number of aromatic nitrogens is 3. The first-order valence-corrected chi connectivity index (χ1v) is 8.24. The van der Waals surface area contributed by atoms with Crippen LogP contribution >= 0.6 is 0 Å². The Morgan fingerprint density at radius 2 is 2.24 bits per heavy atom. The minimum absolute atomic E-state index is 0.184. The highest BCUT2D eigenvalue weighted by Gasteiger charge is 2.37. The fraction of sp³-hybridized carbons (Fsp3) is 0.471. The van der Waals surface area contributed by atoms with Gasteiger partial charge in [-0.05, 0) is 18.6 Å². The van der Waals surface area contributed by atoms with Gasteiger partial charge in [0.05, 0.1) is 0 Å². The third kappa shape index (κ3) is 3.74. The second-order valence-corrected chi connectivity index (χ2v) is 6.71. The van der Waals surface area contributed by atoms with E-state index in [1.165, 1.54) is 6.33 Å². The van der Waals surface area contributed by atoms with Crippen LogP contribution in [-0.4, -0.2) is 64.9 Å². The molecule has 0 radical (unpaired) electrons. The van der Waals surface area contributed by atoms with E-state index in [2.05, 4.69) is 15.3 Å². The number of nitrogens with one attached hydrogen (secondary N) is 1. The van der Waals surface area contributed by atoms with Crippen LogP contribution in [-0.2, 0) is 7.05 Å². The van der Waals surface area contributed by atoms with E-state index in [0.29, 0.717) is 25.2 Å². The molecule has 2 aromatic rings. The monoisotopic (exact) mass is 344 g/mol. The van der Waals surface area contributed by atoms with Crippen molar-refractivity contribution in [3.63, 3.8) is 0 Å². The zero-order chi connectivity index (χ0) is 18.0. The number of hydrogen-bond acceptors (Lipinski definition) is 6. The number of amides is 1. The van der Waals surface area contributed by atoms with Crippen molar-refractivity contribution in [2.24, 2.45) is 7.05 Å². The molecule has 8 heteroatoms. The summed E-state index contributed by atoms with van der Waals surface area (Å²) in [5, 5.41) is 13.6. The Balaban J connectivity index is 1.62. The minimum Gasteiger partial charge on any atom is -0.386 e. The number of anilines is 2. The molecule has 2 aromatic heterocycles. The summed E-state index contributed by atoms with van der Waals surface area (Å²) in [4.78, 5) is 24.7. The molecule has 3 rings (SSSR count). The highest BCUT2D eigenvalue weighted by molar-refractivity contribution is 5.92. The van der Waals surface area contributed by atoms with E-state index in [9.17, 15) is 9.90 Å². The molecule has 0 unspecified atom stereocenters. The normalized spacial score (nSPS) is 19.9. The van der Waals surface area contributed by atoms with Crippen LogP contribution in [0.15, 0.2) is 30.7 Å². The smallest absolute Gasteiger partial charge is 0.267 e. The molecule has 1 atom stereocenters. The van der Waals surface area contributed by atoms with E-state index in [1.807, 2.05) is 49.3 Å². The maximum atomic E-state index is 12.2. The number of carbonyl (C=O) groups excluding carboxylic acids is 1. The zero-order valence-corrected chi connectivity index (χ0v) is 14.8. The van der Waals surface area contributed by atoms with Crippen molar-refractivity contribution < 1.29 is 9.90 Å². The van der Waals surface area contributed by atoms with Crippen LogP contribution < -0.4 is 15.1 Å². The van der Waals surface area contributed by atoms with Crippen LogP contribution in [0.1, 0.15) is 16.9 Å². The summed E-state index contributed by atoms with van der Waals surface area (Å²) in [7, 11) is 5.66. The summed E-state index contributed by atoms with van der Waals surface area (Å²) in [6.45, 7) is 1.31. The van der Waals surface area contributed by atoms with E-state index >= 15 is 0 Å². The average molecular weight is 344 g/mol. The van der Waals surface area contributed by atoms with Crippen LogP contribution in [0.25, 0.3) is 0 Å². The van der Waals surface area contributed by atoms with Crippen LogP contribution in [0.4, 0.5) is 11.6 Å². The fourth-order valence-corrected chi connectivity index (χ4v) is 2.98. The maximum absolute atomic E-state index is 12.2. The standard InChI is InChI=1S/C17H24N6O2/c1-21(2)14-9-15(20-12-19-14)23-8-6-17(25,11-23)10-18-16(24)13-5-4-7-22(13)3/h4-5,7,9,12,25H,6,8,10-11H2,1-3H3,(H,18,24)/t17-/m0/s1. The average Bonchev–Trinajstić information content (AvgIpc) is 3.19. The van der Waals surface area contributed by atoms with Gasteiger partial charge in [-0.15, -0.1) is 0 Å². The molecule has 1 fully saturated rings. The predicted octanol–water partition coefficient (Wildman–Crippen LogP) is 0.252. The summed E-state index contributed by atoms with van der Waals surface area (Å²) >= 11 is 0. The van der Waals surface area contributed by atoms with Gasteiger partial charge in [0.15, 0.2) is 0 Å². The highest BCUT2D eigenvalue weighted by atomic mass is 16.3. The van der Waals surface area contributed by atoms with Crippen molar-refractivity contribution in [2.75, 3.05) is 43.5 Å². The van der Waals surface area contributed by atoms with E-state index in [-0.39, 0.29) is 12.5 Å². The van der Waals surface area contributed by atoms with Crippen LogP contribution in [0.5, 0.6) is 0 Å². The third-order valence-electron chi connectivity index (χ3n) is 4.51. The summed E-state index contributed by atoms with van der Waals surface area (Å²) < 4.78 is 1.75. The number of hydrogen-bond donors (Lipinski definition) is 2. The van der Waals surface area contributed by atoms with Gasteiger partial charge in [0.2, 0.25) is 0 Å². The van der Waals surface area contributed by atoms with Gasteiger partial charge in [-0.2, -0.15) is 0 Å². The molecular weight excluding hydrogens is 320 g/mol. The SMILES string of the molecule is CN(C)c1cc(N2CC[C@](O)(CNC(=O)c3cccn3C)C2)ncn1. The Kier molecular flexibility index (Phi) is 4.63. The lowest BCUT2D eigenvalue weighted by molar-refractivity contribution is 0.0573. The van der Waals surface area contributed by atoms with Crippen molar-refractivity contribution >= 4 is 17.5 Å². The molecule has 2 N–H and O–H groups in total. The highest BCUT2D eigenvalue weighted by Crippen LogP contribution is 2.26. The lowest BCUT2D eigenvalue weighted by Gasteiger charge is -2.24. The van der Waals surface area contributed by atoms with Crippen LogP contribution in [0.2, 0.25) is 0 Å². The first-order chi connectivity index (χ1) is 11.9. The lowest BCUT2D eigenvalue weighted by atomic mass is 10.0. The number of β-amino-alcohol motifs (C(OH)–C–C–N with tert-alkyl or cyclic N) is 1. The van der Waals surface area contributed by atoms with E-state index in [4.69, 9.17) is 0 Å². The maximum Gasteiger partial charge on any atom is 0.267 e. The van der Waals surface area contributed by atoms with E-state index < -0.39 is 5.60 Å². The van der Waals surface area contributed by atoms with Gasteiger partial charge >= 0.3 is 0 Å². The predicted molar refractivity (Wildman–Crippen MR) is 95.9 cm³/mol. The topological polar surface area (TPSA) is 86.5 Å². The lowest BCUT2D eigenvalue weighted by Crippen LogP contribution is -2.45. The van der Waals surface area contributed by atoms with Gasteiger partial charge in [0, 0.05) is 53.0 Å². The van der Waals surface area contributed by atoms with Crippen LogP contribution in [0.3, 0.4) is 0 Å². The Morgan fingerprint density at radius 3 is 2.92 bits per heavy atom. The number of rotatable bonds is 5. The molecule has 1 aliphatic rings.